The molecule has 1 aliphatic rings. The summed E-state index contributed by atoms with van der Waals surface area (Å²) < 4.78 is 3.69. The Morgan fingerprint density at radius 2 is 1.54 bits per heavy atom. The predicted molar refractivity (Wildman–Crippen MR) is 108 cm³/mol. The highest BCUT2D eigenvalue weighted by molar-refractivity contribution is 5.91. The van der Waals surface area contributed by atoms with Gasteiger partial charge in [-0.25, -0.2) is 4.79 Å². The van der Waals surface area contributed by atoms with Crippen LogP contribution in [-0.2, 0) is 4.79 Å². The van der Waals surface area contributed by atoms with Crippen LogP contribution < -0.4 is 11.0 Å². The monoisotopic (exact) mass is 355 g/mol. The van der Waals surface area contributed by atoms with Gasteiger partial charge >= 0.3 is 5.69 Å². The lowest BCUT2D eigenvalue weighted by Crippen LogP contribution is -2.26. The van der Waals surface area contributed by atoms with Crippen LogP contribution in [0.2, 0.25) is 0 Å². The molecule has 0 spiro atoms. The van der Waals surface area contributed by atoms with Crippen LogP contribution in [0.4, 0.5) is 5.69 Å². The Bertz CT molecular complexity index is 915. The fraction of sp³-hybridized carbons (Fsp3) is 0.524. The summed E-state index contributed by atoms with van der Waals surface area (Å²) in [6, 6.07) is 4.23. The zero-order chi connectivity index (χ0) is 19.0. The highest BCUT2D eigenvalue weighted by Crippen LogP contribution is 2.33. The van der Waals surface area contributed by atoms with Crippen LogP contribution in [0.15, 0.2) is 23.5 Å². The molecule has 0 saturated heterocycles. The molecular weight excluding hydrogens is 326 g/mol. The van der Waals surface area contributed by atoms with Crippen molar-refractivity contribution in [1.82, 2.24) is 9.13 Å². The van der Waals surface area contributed by atoms with Crippen LogP contribution in [0.3, 0.4) is 0 Å². The Hall–Kier alpha value is -2.30. The van der Waals surface area contributed by atoms with E-state index in [1.54, 1.807) is 0 Å². The third-order valence-corrected chi connectivity index (χ3v) is 5.12. The van der Waals surface area contributed by atoms with Crippen molar-refractivity contribution in [2.24, 2.45) is 0 Å². The average molecular weight is 355 g/mol. The number of hydrogen-bond acceptors (Lipinski definition) is 3. The van der Waals surface area contributed by atoms with Crippen LogP contribution in [-0.4, -0.2) is 21.5 Å². The summed E-state index contributed by atoms with van der Waals surface area (Å²) in [4.78, 5) is 25.0. The second-order valence-corrected chi connectivity index (χ2v) is 7.80. The molecule has 5 heteroatoms. The maximum Gasteiger partial charge on any atom is 0.329 e. The SMILES string of the molecule is C=C1CCCCC(=O)CNc2cc3c(cc21)n(C(C)C)c(=O)n3C(C)C. The molecule has 1 aromatic heterocycles. The molecule has 140 valence electrons. The van der Waals surface area contributed by atoms with Gasteiger partial charge in [0.15, 0.2) is 5.78 Å². The number of anilines is 1. The van der Waals surface area contributed by atoms with Gasteiger partial charge < -0.3 is 5.32 Å². The van der Waals surface area contributed by atoms with Gasteiger partial charge in [-0.1, -0.05) is 6.58 Å². The maximum atomic E-state index is 13.0. The standard InChI is InChI=1S/C21H29N3O2/c1-13(2)23-19-10-17-15(5)8-6-7-9-16(25)12-22-18(17)11-20(19)24(14(3)4)21(23)26/h10-11,13-14,22H,5-9,12H2,1-4H3. The number of ketones is 1. The number of nitrogens with one attached hydrogen (secondary N) is 1. The molecule has 1 aromatic carbocycles. The largest absolute Gasteiger partial charge is 0.377 e. The number of benzene rings is 1. The van der Waals surface area contributed by atoms with Gasteiger partial charge in [0.05, 0.1) is 17.6 Å². The molecule has 2 heterocycles. The molecule has 0 atom stereocenters. The van der Waals surface area contributed by atoms with Crippen LogP contribution in [0.5, 0.6) is 0 Å². The summed E-state index contributed by atoms with van der Waals surface area (Å²) in [5.41, 5.74) is 4.82. The molecule has 1 N–H and O–H groups in total. The summed E-state index contributed by atoms with van der Waals surface area (Å²) >= 11 is 0. The van der Waals surface area contributed by atoms with Gasteiger partial charge in [-0.2, -0.15) is 0 Å². The summed E-state index contributed by atoms with van der Waals surface area (Å²) in [6.45, 7) is 12.7. The van der Waals surface area contributed by atoms with Gasteiger partial charge in [0.25, 0.3) is 0 Å². The smallest absolute Gasteiger partial charge is 0.329 e. The third kappa shape index (κ3) is 3.22. The number of rotatable bonds is 2. The first-order chi connectivity index (χ1) is 12.3. The predicted octanol–water partition coefficient (Wildman–Crippen LogP) is 4.53. The first-order valence-corrected chi connectivity index (χ1v) is 9.55. The van der Waals surface area contributed by atoms with E-state index in [2.05, 4.69) is 18.0 Å². The highest BCUT2D eigenvalue weighted by Gasteiger charge is 2.21. The van der Waals surface area contributed by atoms with Crippen molar-refractivity contribution in [3.63, 3.8) is 0 Å². The molecule has 3 rings (SSSR count). The summed E-state index contributed by atoms with van der Waals surface area (Å²) in [5, 5.41) is 3.29. The minimum absolute atomic E-state index is 0.0131. The van der Waals surface area contributed by atoms with E-state index in [4.69, 9.17) is 0 Å². The second kappa shape index (κ2) is 7.14. The minimum atomic E-state index is 0.0131. The van der Waals surface area contributed by atoms with Gasteiger partial charge in [-0.15, -0.1) is 0 Å². The first kappa shape index (κ1) is 18.5. The van der Waals surface area contributed by atoms with Crippen molar-refractivity contribution in [1.29, 1.82) is 0 Å². The first-order valence-electron chi connectivity index (χ1n) is 9.55. The van der Waals surface area contributed by atoms with Crippen LogP contribution in [0.25, 0.3) is 16.6 Å². The Morgan fingerprint density at radius 3 is 2.15 bits per heavy atom. The Labute approximate surface area is 154 Å². The number of fused-ring (bicyclic) bond motifs is 2. The van der Waals surface area contributed by atoms with E-state index < -0.39 is 0 Å². The van der Waals surface area contributed by atoms with Crippen molar-refractivity contribution in [2.75, 3.05) is 11.9 Å². The zero-order valence-electron chi connectivity index (χ0n) is 16.3. The lowest BCUT2D eigenvalue weighted by molar-refractivity contribution is -0.117. The van der Waals surface area contributed by atoms with Crippen molar-refractivity contribution < 1.29 is 4.79 Å². The third-order valence-electron chi connectivity index (χ3n) is 5.12. The summed E-state index contributed by atoms with van der Waals surface area (Å²) in [6.07, 6.45) is 3.34. The number of carbonyl (C=O) groups excluding carboxylic acids is 1. The number of nitrogens with zero attached hydrogens (tertiary/aromatic N) is 2. The lowest BCUT2D eigenvalue weighted by Gasteiger charge is -2.18. The minimum Gasteiger partial charge on any atom is -0.377 e. The van der Waals surface area contributed by atoms with E-state index in [1.165, 1.54) is 0 Å². The molecule has 26 heavy (non-hydrogen) atoms. The van der Waals surface area contributed by atoms with Crippen molar-refractivity contribution >= 4 is 28.1 Å². The molecule has 0 amide bonds. The molecule has 0 fully saturated rings. The van der Waals surface area contributed by atoms with Gasteiger partial charge in [0.1, 0.15) is 0 Å². The van der Waals surface area contributed by atoms with Gasteiger partial charge in [0.2, 0.25) is 0 Å². The van der Waals surface area contributed by atoms with E-state index in [0.29, 0.717) is 13.0 Å². The molecule has 0 unspecified atom stereocenters. The maximum absolute atomic E-state index is 13.0. The van der Waals surface area contributed by atoms with E-state index in [9.17, 15) is 9.59 Å². The van der Waals surface area contributed by atoms with Gasteiger partial charge in [-0.05, 0) is 64.7 Å². The second-order valence-electron chi connectivity index (χ2n) is 7.80. The van der Waals surface area contributed by atoms with Crippen molar-refractivity contribution in [3.8, 4) is 0 Å². The Balaban J connectivity index is 2.28. The molecule has 5 nitrogen and oxygen atoms in total. The molecule has 0 radical (unpaired) electrons. The topological polar surface area (TPSA) is 56.0 Å². The normalized spacial score (nSPS) is 16.2. The lowest BCUT2D eigenvalue weighted by atomic mass is 9.97. The number of hydrogen-bond donors (Lipinski definition) is 1. The van der Waals surface area contributed by atoms with Crippen molar-refractivity contribution in [3.05, 3.63) is 34.8 Å². The molecule has 0 aliphatic carbocycles. The molecular formula is C21H29N3O2. The van der Waals surface area contributed by atoms with Crippen molar-refractivity contribution in [2.45, 2.75) is 65.5 Å². The number of imidazole rings is 1. The molecule has 0 bridgehead atoms. The average Bonchev–Trinajstić information content (AvgIpc) is 2.86. The highest BCUT2D eigenvalue weighted by atomic mass is 16.2. The van der Waals surface area contributed by atoms with Gasteiger partial charge in [-0.3, -0.25) is 13.9 Å². The van der Waals surface area contributed by atoms with Gasteiger partial charge in [0, 0.05) is 29.8 Å². The Morgan fingerprint density at radius 1 is 0.962 bits per heavy atom. The van der Waals surface area contributed by atoms with E-state index >= 15 is 0 Å². The van der Waals surface area contributed by atoms with Crippen LogP contribution in [0.1, 0.15) is 71.0 Å². The fourth-order valence-corrected chi connectivity index (χ4v) is 3.80. The van der Waals surface area contributed by atoms with E-state index in [-0.39, 0.29) is 23.6 Å². The molecule has 1 aliphatic heterocycles. The fourth-order valence-electron chi connectivity index (χ4n) is 3.80. The quantitative estimate of drug-likeness (QED) is 0.861. The number of Topliss-reactive ketones (excluding diaryl/α,β-unsaturated/α-hetero) is 1. The van der Waals surface area contributed by atoms with E-state index in [0.717, 1.165) is 47.1 Å². The Kier molecular flexibility index (Phi) is 5.08. The summed E-state index contributed by atoms with van der Waals surface area (Å²) in [5.74, 6) is 0.226. The van der Waals surface area contributed by atoms with Crippen LogP contribution >= 0.6 is 0 Å². The zero-order valence-corrected chi connectivity index (χ0v) is 16.3. The van der Waals surface area contributed by atoms with E-state index in [1.807, 2.05) is 42.9 Å². The number of aromatic nitrogens is 2. The molecule has 2 aromatic rings. The van der Waals surface area contributed by atoms with Crippen LogP contribution in [0, 0.1) is 0 Å². The summed E-state index contributed by atoms with van der Waals surface area (Å²) in [7, 11) is 0. The number of carbonyl (C=O) groups is 1. The number of allylic oxidation sites excluding steroid dienone is 1. The molecule has 0 saturated carbocycles.